The van der Waals surface area contributed by atoms with E-state index in [-0.39, 0.29) is 0 Å². The summed E-state index contributed by atoms with van der Waals surface area (Å²) in [4.78, 5) is 16.4. The van der Waals surface area contributed by atoms with Crippen LogP contribution in [0.1, 0.15) is 19.0 Å². The number of nitrogens with zero attached hydrogens (tertiary/aromatic N) is 1. The maximum absolute atomic E-state index is 13.1. The largest absolute Gasteiger partial charge is 0.467 e. The number of carbonyl (C=O) groups excluding carboxylic acids is 1. The van der Waals surface area contributed by atoms with Gasteiger partial charge in [-0.25, -0.2) is 9.18 Å². The lowest BCUT2D eigenvalue weighted by molar-refractivity contribution is -0.146. The molecule has 1 aromatic heterocycles. The Morgan fingerprint density at radius 1 is 1.29 bits per heavy atom. The smallest absolute Gasteiger partial charge is 0.337 e. The van der Waals surface area contributed by atoms with Crippen LogP contribution in [0.5, 0.6) is 0 Å². The summed E-state index contributed by atoms with van der Waals surface area (Å²) in [5, 5.41) is 3.17. The quantitative estimate of drug-likeness (QED) is 0.859. The van der Waals surface area contributed by atoms with E-state index in [1.807, 2.05) is 37.3 Å². The number of ether oxygens (including phenoxy) is 1. The molecule has 0 aliphatic rings. The summed E-state index contributed by atoms with van der Waals surface area (Å²) in [5.41, 5.74) is 0.0297. The van der Waals surface area contributed by atoms with Crippen LogP contribution in [-0.2, 0) is 15.1 Å². The predicted molar refractivity (Wildman–Crippen MR) is 78.2 cm³/mol. The Kier molecular flexibility index (Phi) is 4.52. The van der Waals surface area contributed by atoms with Crippen molar-refractivity contribution in [3.05, 3.63) is 60.2 Å². The van der Waals surface area contributed by atoms with E-state index in [2.05, 4.69) is 10.3 Å². The molecule has 110 valence electrons. The van der Waals surface area contributed by atoms with E-state index in [1.54, 1.807) is 0 Å². The lowest BCUT2D eigenvalue weighted by atomic mass is 9.90. The van der Waals surface area contributed by atoms with Gasteiger partial charge in [0.15, 0.2) is 5.54 Å². The van der Waals surface area contributed by atoms with Crippen LogP contribution in [-0.4, -0.2) is 18.1 Å². The summed E-state index contributed by atoms with van der Waals surface area (Å²) < 4.78 is 18.0. The molecule has 1 unspecified atom stereocenters. The molecule has 1 aromatic carbocycles. The van der Waals surface area contributed by atoms with E-state index in [4.69, 9.17) is 4.74 Å². The number of esters is 1. The minimum atomic E-state index is -1.15. The second-order valence-electron chi connectivity index (χ2n) is 4.60. The van der Waals surface area contributed by atoms with Crippen LogP contribution < -0.4 is 5.32 Å². The zero-order valence-corrected chi connectivity index (χ0v) is 12.0. The fraction of sp³-hybridized carbons (Fsp3) is 0.250. The molecule has 0 saturated heterocycles. The number of pyridine rings is 1. The average molecular weight is 288 g/mol. The van der Waals surface area contributed by atoms with Gasteiger partial charge in [0.2, 0.25) is 0 Å². The summed E-state index contributed by atoms with van der Waals surface area (Å²) in [6, 6.07) is 12.1. The number of benzene rings is 1. The van der Waals surface area contributed by atoms with Crippen molar-refractivity contribution in [1.82, 2.24) is 4.98 Å². The monoisotopic (exact) mass is 288 g/mol. The van der Waals surface area contributed by atoms with Gasteiger partial charge < -0.3 is 10.1 Å². The third-order valence-corrected chi connectivity index (χ3v) is 3.36. The summed E-state index contributed by atoms with van der Waals surface area (Å²) in [6.45, 7) is 1.85. The van der Waals surface area contributed by atoms with Gasteiger partial charge in [-0.2, -0.15) is 0 Å². The lowest BCUT2D eigenvalue weighted by Gasteiger charge is -2.31. The molecule has 1 N–H and O–H groups in total. The third kappa shape index (κ3) is 3.02. The van der Waals surface area contributed by atoms with Gasteiger partial charge in [-0.15, -0.1) is 0 Å². The molecule has 0 bridgehead atoms. The molecule has 1 atom stereocenters. The van der Waals surface area contributed by atoms with Gasteiger partial charge in [0, 0.05) is 5.69 Å². The van der Waals surface area contributed by atoms with Crippen LogP contribution >= 0.6 is 0 Å². The van der Waals surface area contributed by atoms with E-state index in [0.717, 1.165) is 11.9 Å². The van der Waals surface area contributed by atoms with Gasteiger partial charge in [-0.05, 0) is 30.7 Å². The van der Waals surface area contributed by atoms with Crippen LogP contribution in [0.4, 0.5) is 10.1 Å². The number of rotatable bonds is 5. The predicted octanol–water partition coefficient (Wildman–Crippen LogP) is 3.11. The van der Waals surface area contributed by atoms with Gasteiger partial charge in [0.25, 0.3) is 0 Å². The summed E-state index contributed by atoms with van der Waals surface area (Å²) in [7, 11) is 1.32. The maximum Gasteiger partial charge on any atom is 0.337 e. The number of hydrogen-bond donors (Lipinski definition) is 1. The first-order chi connectivity index (χ1) is 10.1. The maximum atomic E-state index is 13.1. The van der Waals surface area contributed by atoms with Crippen molar-refractivity contribution < 1.29 is 13.9 Å². The molecular formula is C16H17FN2O2. The van der Waals surface area contributed by atoms with Crippen LogP contribution in [0.2, 0.25) is 0 Å². The topological polar surface area (TPSA) is 51.2 Å². The van der Waals surface area contributed by atoms with Crippen molar-refractivity contribution in [3.63, 3.8) is 0 Å². The van der Waals surface area contributed by atoms with Crippen molar-refractivity contribution in [2.45, 2.75) is 18.9 Å². The highest BCUT2D eigenvalue weighted by Crippen LogP contribution is 2.30. The molecule has 0 radical (unpaired) electrons. The average Bonchev–Trinajstić information content (AvgIpc) is 2.54. The van der Waals surface area contributed by atoms with Crippen LogP contribution in [0.15, 0.2) is 48.7 Å². The third-order valence-electron chi connectivity index (χ3n) is 3.36. The molecule has 0 saturated carbocycles. The fourth-order valence-electron chi connectivity index (χ4n) is 2.20. The molecule has 0 spiro atoms. The molecule has 0 aliphatic carbocycles. The van der Waals surface area contributed by atoms with Gasteiger partial charge in [0.05, 0.1) is 19.0 Å². The number of aromatic nitrogens is 1. The van der Waals surface area contributed by atoms with Gasteiger partial charge in [-0.1, -0.05) is 25.1 Å². The summed E-state index contributed by atoms with van der Waals surface area (Å²) in [6.07, 6.45) is 1.50. The van der Waals surface area contributed by atoms with Gasteiger partial charge in [-0.3, -0.25) is 4.98 Å². The second kappa shape index (κ2) is 6.35. The first-order valence-corrected chi connectivity index (χ1v) is 6.66. The first-order valence-electron chi connectivity index (χ1n) is 6.66. The zero-order chi connectivity index (χ0) is 15.3. The highest BCUT2D eigenvalue weighted by atomic mass is 19.1. The Bertz CT molecular complexity index is 601. The van der Waals surface area contributed by atoms with Gasteiger partial charge in [0.1, 0.15) is 5.82 Å². The Hall–Kier alpha value is -2.43. The van der Waals surface area contributed by atoms with E-state index in [9.17, 15) is 9.18 Å². The number of hydrogen-bond acceptors (Lipinski definition) is 4. The minimum absolute atomic E-state index is 0.410. The molecule has 2 rings (SSSR count). The second-order valence-corrected chi connectivity index (χ2v) is 4.60. The van der Waals surface area contributed by atoms with Crippen LogP contribution in [0.25, 0.3) is 0 Å². The number of para-hydroxylation sites is 1. The SMILES string of the molecule is CCC(Nc1ccccc1)(C(=O)OC)c1ccc(F)cn1. The van der Waals surface area contributed by atoms with E-state index in [0.29, 0.717) is 12.1 Å². The molecule has 2 aromatic rings. The standard InChI is InChI=1S/C16H17FN2O2/c1-3-16(15(20)21-2,14-10-9-12(17)11-18-14)19-13-7-5-4-6-8-13/h4-11,19H,3H2,1-2H3. The van der Waals surface area contributed by atoms with E-state index >= 15 is 0 Å². The minimum Gasteiger partial charge on any atom is -0.467 e. The van der Waals surface area contributed by atoms with Crippen molar-refractivity contribution in [3.8, 4) is 0 Å². The Morgan fingerprint density at radius 2 is 2.00 bits per heavy atom. The summed E-state index contributed by atoms with van der Waals surface area (Å²) in [5.74, 6) is -0.915. The van der Waals surface area contributed by atoms with Gasteiger partial charge >= 0.3 is 5.97 Å². The molecule has 5 heteroatoms. The molecule has 21 heavy (non-hydrogen) atoms. The number of carbonyl (C=O) groups is 1. The van der Waals surface area contributed by atoms with Crippen molar-refractivity contribution in [2.75, 3.05) is 12.4 Å². The number of anilines is 1. The lowest BCUT2D eigenvalue weighted by Crippen LogP contribution is -2.44. The van der Waals surface area contributed by atoms with Crippen molar-refractivity contribution in [1.29, 1.82) is 0 Å². The normalized spacial score (nSPS) is 13.3. The molecule has 1 heterocycles. The van der Waals surface area contributed by atoms with E-state index in [1.165, 1.54) is 19.2 Å². The fourth-order valence-corrected chi connectivity index (χ4v) is 2.20. The highest BCUT2D eigenvalue weighted by Gasteiger charge is 2.41. The zero-order valence-electron chi connectivity index (χ0n) is 12.0. The number of halogens is 1. The Morgan fingerprint density at radius 3 is 2.52 bits per heavy atom. The van der Waals surface area contributed by atoms with Crippen LogP contribution in [0, 0.1) is 5.82 Å². The Labute approximate surface area is 123 Å². The number of nitrogens with one attached hydrogen (secondary N) is 1. The molecule has 4 nitrogen and oxygen atoms in total. The van der Waals surface area contributed by atoms with Crippen LogP contribution in [0.3, 0.4) is 0 Å². The number of methoxy groups -OCH3 is 1. The highest BCUT2D eigenvalue weighted by molar-refractivity contribution is 5.85. The van der Waals surface area contributed by atoms with Crippen molar-refractivity contribution in [2.24, 2.45) is 0 Å². The molecular weight excluding hydrogens is 271 g/mol. The van der Waals surface area contributed by atoms with Crippen molar-refractivity contribution >= 4 is 11.7 Å². The Balaban J connectivity index is 2.47. The first kappa shape index (κ1) is 15.0. The molecule has 0 amide bonds. The molecule has 0 fully saturated rings. The summed E-state index contributed by atoms with van der Waals surface area (Å²) >= 11 is 0. The molecule has 0 aliphatic heterocycles. The van der Waals surface area contributed by atoms with E-state index < -0.39 is 17.3 Å².